The van der Waals surface area contributed by atoms with Gasteiger partial charge >= 0.3 is 0 Å². The Labute approximate surface area is 190 Å². The number of likely N-dealkylation sites (tertiary alicyclic amines) is 1. The van der Waals surface area contributed by atoms with Crippen molar-refractivity contribution in [1.29, 1.82) is 0 Å². The molecule has 0 unspecified atom stereocenters. The SMILES string of the molecule is Cc1cccc(CN2CCN(C(=O)C3CCN(C(=O)COc4ccccc4)CC3)CC2)c1. The van der Waals surface area contributed by atoms with Gasteiger partial charge in [0.05, 0.1) is 0 Å². The van der Waals surface area contributed by atoms with Crippen LogP contribution in [-0.4, -0.2) is 72.4 Å². The standard InChI is InChI=1S/C26H33N3O3/c1-21-6-5-7-22(18-21)19-27-14-16-29(17-15-27)26(31)23-10-12-28(13-11-23)25(30)20-32-24-8-3-2-4-9-24/h2-9,18,23H,10-17,19-20H2,1H3. The topological polar surface area (TPSA) is 53.1 Å². The molecule has 0 radical (unpaired) electrons. The van der Waals surface area contributed by atoms with E-state index >= 15 is 0 Å². The summed E-state index contributed by atoms with van der Waals surface area (Å²) in [5.74, 6) is 0.974. The average molecular weight is 436 g/mol. The molecule has 6 heteroatoms. The number of para-hydroxylation sites is 1. The molecular weight excluding hydrogens is 402 g/mol. The highest BCUT2D eigenvalue weighted by Gasteiger charge is 2.31. The summed E-state index contributed by atoms with van der Waals surface area (Å²) in [7, 11) is 0. The Morgan fingerprint density at radius 3 is 2.28 bits per heavy atom. The molecule has 2 fully saturated rings. The van der Waals surface area contributed by atoms with Crippen LogP contribution in [0, 0.1) is 12.8 Å². The highest BCUT2D eigenvalue weighted by Crippen LogP contribution is 2.21. The summed E-state index contributed by atoms with van der Waals surface area (Å²) in [4.78, 5) is 31.8. The van der Waals surface area contributed by atoms with E-state index in [0.29, 0.717) is 18.8 Å². The monoisotopic (exact) mass is 435 g/mol. The van der Waals surface area contributed by atoms with Gasteiger partial charge in [-0.3, -0.25) is 14.5 Å². The van der Waals surface area contributed by atoms with Gasteiger partial charge in [-0.1, -0.05) is 48.0 Å². The molecule has 2 heterocycles. The summed E-state index contributed by atoms with van der Waals surface area (Å²) in [6, 6.07) is 18.0. The van der Waals surface area contributed by atoms with Crippen molar-refractivity contribution in [3.05, 3.63) is 65.7 Å². The fraction of sp³-hybridized carbons (Fsp3) is 0.462. The smallest absolute Gasteiger partial charge is 0.260 e. The zero-order valence-corrected chi connectivity index (χ0v) is 18.9. The molecule has 0 aromatic heterocycles. The summed E-state index contributed by atoms with van der Waals surface area (Å²) in [6.45, 7) is 7.75. The number of benzene rings is 2. The predicted molar refractivity (Wildman–Crippen MR) is 124 cm³/mol. The number of nitrogens with zero attached hydrogens (tertiary/aromatic N) is 3. The molecule has 0 N–H and O–H groups in total. The van der Waals surface area contributed by atoms with Gasteiger partial charge < -0.3 is 14.5 Å². The second-order valence-electron chi connectivity index (χ2n) is 8.85. The van der Waals surface area contributed by atoms with Gasteiger partial charge in [-0.15, -0.1) is 0 Å². The molecule has 2 aromatic carbocycles. The molecule has 0 saturated carbocycles. The van der Waals surface area contributed by atoms with Gasteiger partial charge in [0, 0.05) is 51.7 Å². The maximum absolute atomic E-state index is 13.0. The molecule has 170 valence electrons. The first kappa shape index (κ1) is 22.3. The lowest BCUT2D eigenvalue weighted by Gasteiger charge is -2.38. The van der Waals surface area contributed by atoms with Gasteiger partial charge in [-0.25, -0.2) is 0 Å². The minimum absolute atomic E-state index is 0.00971. The van der Waals surface area contributed by atoms with Gasteiger partial charge in [0.25, 0.3) is 5.91 Å². The Hall–Kier alpha value is -2.86. The Morgan fingerprint density at radius 2 is 1.59 bits per heavy atom. The molecule has 2 saturated heterocycles. The molecule has 0 spiro atoms. The Morgan fingerprint density at radius 1 is 0.875 bits per heavy atom. The molecular formula is C26H33N3O3. The van der Waals surface area contributed by atoms with Crippen LogP contribution in [0.3, 0.4) is 0 Å². The first-order chi connectivity index (χ1) is 15.6. The number of carbonyl (C=O) groups is 2. The molecule has 32 heavy (non-hydrogen) atoms. The van der Waals surface area contributed by atoms with E-state index in [0.717, 1.165) is 45.6 Å². The normalized spacial score (nSPS) is 17.9. The third-order valence-corrected chi connectivity index (χ3v) is 6.48. The van der Waals surface area contributed by atoms with Crippen LogP contribution in [0.25, 0.3) is 0 Å². The van der Waals surface area contributed by atoms with Crippen molar-refractivity contribution in [3.8, 4) is 5.75 Å². The van der Waals surface area contributed by atoms with Crippen molar-refractivity contribution in [3.63, 3.8) is 0 Å². The first-order valence-corrected chi connectivity index (χ1v) is 11.6. The van der Waals surface area contributed by atoms with E-state index < -0.39 is 0 Å². The summed E-state index contributed by atoms with van der Waals surface area (Å²) in [5.41, 5.74) is 2.62. The Bertz CT molecular complexity index is 902. The van der Waals surface area contributed by atoms with Gasteiger partial charge in [0.15, 0.2) is 6.61 Å². The number of piperazine rings is 1. The van der Waals surface area contributed by atoms with Gasteiger partial charge in [0.1, 0.15) is 5.75 Å². The van der Waals surface area contributed by atoms with Crippen LogP contribution in [0.4, 0.5) is 0 Å². The number of rotatable bonds is 6. The zero-order valence-electron chi connectivity index (χ0n) is 18.9. The number of amides is 2. The number of piperidine rings is 1. The maximum atomic E-state index is 13.0. The van der Waals surface area contributed by atoms with E-state index in [-0.39, 0.29) is 24.3 Å². The van der Waals surface area contributed by atoms with Gasteiger partial charge in [0.2, 0.25) is 5.91 Å². The third-order valence-electron chi connectivity index (χ3n) is 6.48. The van der Waals surface area contributed by atoms with E-state index in [1.165, 1.54) is 11.1 Å². The summed E-state index contributed by atoms with van der Waals surface area (Å²) < 4.78 is 5.58. The fourth-order valence-corrected chi connectivity index (χ4v) is 4.58. The van der Waals surface area contributed by atoms with Crippen molar-refractivity contribution < 1.29 is 14.3 Å². The molecule has 6 nitrogen and oxygen atoms in total. The lowest BCUT2D eigenvalue weighted by Crippen LogP contribution is -2.51. The lowest BCUT2D eigenvalue weighted by molar-refractivity contribution is -0.142. The van der Waals surface area contributed by atoms with Crippen molar-refractivity contribution in [1.82, 2.24) is 14.7 Å². The number of aryl methyl sites for hydroxylation is 1. The van der Waals surface area contributed by atoms with E-state index in [4.69, 9.17) is 4.74 Å². The van der Waals surface area contributed by atoms with Gasteiger partial charge in [-0.05, 0) is 37.5 Å². The third kappa shape index (κ3) is 5.88. The predicted octanol–water partition coefficient (Wildman–Crippen LogP) is 2.96. The van der Waals surface area contributed by atoms with E-state index in [1.54, 1.807) is 0 Å². The van der Waals surface area contributed by atoms with Gasteiger partial charge in [-0.2, -0.15) is 0 Å². The molecule has 2 aromatic rings. The number of carbonyl (C=O) groups excluding carboxylic acids is 2. The minimum Gasteiger partial charge on any atom is -0.484 e. The largest absolute Gasteiger partial charge is 0.484 e. The number of hydrogen-bond donors (Lipinski definition) is 0. The van der Waals surface area contributed by atoms with Crippen molar-refractivity contribution >= 4 is 11.8 Å². The molecule has 0 aliphatic carbocycles. The molecule has 0 bridgehead atoms. The Kier molecular flexibility index (Phi) is 7.43. The minimum atomic E-state index is -0.00971. The van der Waals surface area contributed by atoms with Crippen molar-refractivity contribution in [2.24, 2.45) is 5.92 Å². The average Bonchev–Trinajstić information content (AvgIpc) is 2.83. The summed E-state index contributed by atoms with van der Waals surface area (Å²) in [5, 5.41) is 0. The van der Waals surface area contributed by atoms with Crippen LogP contribution in [0.1, 0.15) is 24.0 Å². The Balaban J connectivity index is 1.18. The molecule has 0 atom stereocenters. The molecule has 2 aliphatic heterocycles. The summed E-state index contributed by atoms with van der Waals surface area (Å²) in [6.07, 6.45) is 1.47. The second-order valence-corrected chi connectivity index (χ2v) is 8.85. The highest BCUT2D eigenvalue weighted by atomic mass is 16.5. The molecule has 2 amide bonds. The highest BCUT2D eigenvalue weighted by molar-refractivity contribution is 5.80. The van der Waals surface area contributed by atoms with E-state index in [1.807, 2.05) is 40.1 Å². The van der Waals surface area contributed by atoms with Crippen LogP contribution in [-0.2, 0) is 16.1 Å². The van der Waals surface area contributed by atoms with E-state index in [2.05, 4.69) is 36.1 Å². The first-order valence-electron chi connectivity index (χ1n) is 11.6. The van der Waals surface area contributed by atoms with E-state index in [9.17, 15) is 9.59 Å². The lowest BCUT2D eigenvalue weighted by atomic mass is 9.95. The van der Waals surface area contributed by atoms with Crippen LogP contribution in [0.15, 0.2) is 54.6 Å². The van der Waals surface area contributed by atoms with Crippen molar-refractivity contribution in [2.45, 2.75) is 26.3 Å². The number of hydrogen-bond acceptors (Lipinski definition) is 4. The second kappa shape index (κ2) is 10.6. The van der Waals surface area contributed by atoms with Crippen LogP contribution in [0.5, 0.6) is 5.75 Å². The maximum Gasteiger partial charge on any atom is 0.260 e. The molecule has 4 rings (SSSR count). The fourth-order valence-electron chi connectivity index (χ4n) is 4.58. The quantitative estimate of drug-likeness (QED) is 0.700. The van der Waals surface area contributed by atoms with Crippen molar-refractivity contribution in [2.75, 3.05) is 45.9 Å². The number of ether oxygens (including phenoxy) is 1. The van der Waals surface area contributed by atoms with Crippen LogP contribution < -0.4 is 4.74 Å². The summed E-state index contributed by atoms with van der Waals surface area (Å²) >= 11 is 0. The zero-order chi connectivity index (χ0) is 22.3. The van der Waals surface area contributed by atoms with Crippen LogP contribution >= 0.6 is 0 Å². The molecule has 2 aliphatic rings. The van der Waals surface area contributed by atoms with Crippen LogP contribution in [0.2, 0.25) is 0 Å².